The standard InChI is InChI=1S/C38H73N5O10/c1-36(2,3)51-33(44)30-41-14-12-39(10-11-40-20-22-47-24-26-49-28-29-50-27-25-48-23-21-40)13-15-42(31-34(45)52-37(4,5)6)17-19-43(18-16-41)32-35(46)53-38(7,8)9/h10-32H2,1-9H3. The fraction of sp³-hybridized carbons (Fsp3) is 0.921. The molecule has 0 spiro atoms. The largest absolute Gasteiger partial charge is 0.459 e. The second-order valence-corrected chi connectivity index (χ2v) is 16.7. The van der Waals surface area contributed by atoms with Crippen molar-refractivity contribution in [2.75, 3.05) is 151 Å². The maximum Gasteiger partial charge on any atom is 0.320 e. The summed E-state index contributed by atoms with van der Waals surface area (Å²) in [7, 11) is 0. The number of carbonyl (C=O) groups is 3. The third kappa shape index (κ3) is 25.7. The highest BCUT2D eigenvalue weighted by Crippen LogP contribution is 2.11. The van der Waals surface area contributed by atoms with Crippen LogP contribution in [0.4, 0.5) is 0 Å². The molecule has 0 aromatic rings. The molecule has 0 aromatic carbocycles. The lowest BCUT2D eigenvalue weighted by Gasteiger charge is -2.35. The van der Waals surface area contributed by atoms with E-state index in [1.807, 2.05) is 67.2 Å². The van der Waals surface area contributed by atoms with E-state index in [0.29, 0.717) is 105 Å². The highest BCUT2D eigenvalue weighted by atomic mass is 16.6. The highest BCUT2D eigenvalue weighted by molar-refractivity contribution is 5.73. The molecule has 2 aliphatic rings. The van der Waals surface area contributed by atoms with E-state index in [9.17, 15) is 14.4 Å². The summed E-state index contributed by atoms with van der Waals surface area (Å²) in [4.78, 5) is 50.0. The number of hydrogen-bond acceptors (Lipinski definition) is 15. The first kappa shape index (κ1) is 47.2. The van der Waals surface area contributed by atoms with Gasteiger partial charge < -0.3 is 33.2 Å². The van der Waals surface area contributed by atoms with Gasteiger partial charge in [0, 0.05) is 78.5 Å². The Morgan fingerprint density at radius 1 is 0.377 bits per heavy atom. The Hall–Kier alpha value is -1.95. The molecule has 0 bridgehead atoms. The number of hydrogen-bond donors (Lipinski definition) is 0. The minimum Gasteiger partial charge on any atom is -0.459 e. The van der Waals surface area contributed by atoms with Crippen molar-refractivity contribution in [2.45, 2.75) is 79.1 Å². The van der Waals surface area contributed by atoms with Crippen molar-refractivity contribution in [3.8, 4) is 0 Å². The van der Waals surface area contributed by atoms with E-state index >= 15 is 0 Å². The van der Waals surface area contributed by atoms with Gasteiger partial charge in [-0.1, -0.05) is 0 Å². The SMILES string of the molecule is CC(C)(C)OC(=O)CN1CCN(CCN2CCOCCOCCOCCOCC2)CCN(CC(=O)OC(C)(C)C)CCN(CC(=O)OC(C)(C)C)CC1. The van der Waals surface area contributed by atoms with Crippen LogP contribution in [0.1, 0.15) is 62.3 Å². The van der Waals surface area contributed by atoms with E-state index in [1.54, 1.807) is 0 Å². The predicted octanol–water partition coefficient (Wildman–Crippen LogP) is 1.62. The summed E-state index contributed by atoms with van der Waals surface area (Å²) in [6.07, 6.45) is 0. The van der Waals surface area contributed by atoms with E-state index in [0.717, 1.165) is 26.2 Å². The van der Waals surface area contributed by atoms with Crippen LogP contribution < -0.4 is 0 Å². The molecule has 0 N–H and O–H groups in total. The van der Waals surface area contributed by atoms with Gasteiger partial charge in [-0.2, -0.15) is 0 Å². The van der Waals surface area contributed by atoms with Crippen LogP contribution in [0.5, 0.6) is 0 Å². The Morgan fingerprint density at radius 2 is 0.604 bits per heavy atom. The van der Waals surface area contributed by atoms with Gasteiger partial charge in [0.1, 0.15) is 16.8 Å². The molecular weight excluding hydrogens is 686 g/mol. The molecular formula is C38H73N5O10. The van der Waals surface area contributed by atoms with Gasteiger partial charge in [-0.15, -0.1) is 0 Å². The normalized spacial score (nSPS) is 21.0. The maximum atomic E-state index is 13.0. The average molecular weight is 760 g/mol. The molecule has 0 amide bonds. The molecule has 53 heavy (non-hydrogen) atoms. The van der Waals surface area contributed by atoms with Crippen molar-refractivity contribution in [3.63, 3.8) is 0 Å². The fourth-order valence-corrected chi connectivity index (χ4v) is 5.71. The smallest absolute Gasteiger partial charge is 0.320 e. The summed E-state index contributed by atoms with van der Waals surface area (Å²) in [6.45, 7) is 29.5. The zero-order valence-corrected chi connectivity index (χ0v) is 34.6. The lowest BCUT2D eigenvalue weighted by atomic mass is 10.2. The Labute approximate surface area is 319 Å². The third-order valence-corrected chi connectivity index (χ3v) is 8.20. The molecule has 2 rings (SSSR count). The topological polar surface area (TPSA) is 132 Å². The van der Waals surface area contributed by atoms with Gasteiger partial charge in [0.05, 0.1) is 72.5 Å². The Balaban J connectivity index is 2.24. The second-order valence-electron chi connectivity index (χ2n) is 16.7. The first-order valence-corrected chi connectivity index (χ1v) is 19.5. The summed E-state index contributed by atoms with van der Waals surface area (Å²) in [5.74, 6) is -0.875. The van der Waals surface area contributed by atoms with Gasteiger partial charge in [-0.3, -0.25) is 38.9 Å². The Kier molecular flexibility index (Phi) is 21.9. The van der Waals surface area contributed by atoms with Crippen molar-refractivity contribution >= 4 is 17.9 Å². The first-order chi connectivity index (χ1) is 24.9. The van der Waals surface area contributed by atoms with Gasteiger partial charge in [-0.25, -0.2) is 0 Å². The molecule has 0 unspecified atom stereocenters. The van der Waals surface area contributed by atoms with Crippen molar-refractivity contribution in [3.05, 3.63) is 0 Å². The van der Waals surface area contributed by atoms with E-state index in [4.69, 9.17) is 33.2 Å². The molecule has 310 valence electrons. The van der Waals surface area contributed by atoms with Crippen LogP contribution in [-0.4, -0.2) is 210 Å². The van der Waals surface area contributed by atoms with E-state index < -0.39 is 16.8 Å². The van der Waals surface area contributed by atoms with Crippen LogP contribution >= 0.6 is 0 Å². The van der Waals surface area contributed by atoms with E-state index in [1.165, 1.54) is 0 Å². The van der Waals surface area contributed by atoms with Crippen molar-refractivity contribution in [1.82, 2.24) is 24.5 Å². The summed E-state index contributed by atoms with van der Waals surface area (Å²) >= 11 is 0. The third-order valence-electron chi connectivity index (χ3n) is 8.20. The first-order valence-electron chi connectivity index (χ1n) is 19.5. The molecule has 15 nitrogen and oxygen atoms in total. The summed E-state index contributed by atoms with van der Waals surface area (Å²) in [5.41, 5.74) is -1.79. The van der Waals surface area contributed by atoms with Gasteiger partial charge in [0.25, 0.3) is 0 Å². The van der Waals surface area contributed by atoms with E-state index in [-0.39, 0.29) is 37.5 Å². The Bertz CT molecular complexity index is 984. The van der Waals surface area contributed by atoms with Gasteiger partial charge >= 0.3 is 17.9 Å². The highest BCUT2D eigenvalue weighted by Gasteiger charge is 2.26. The quantitative estimate of drug-likeness (QED) is 0.249. The van der Waals surface area contributed by atoms with Crippen LogP contribution in [0.3, 0.4) is 0 Å². The zero-order valence-electron chi connectivity index (χ0n) is 34.6. The maximum absolute atomic E-state index is 13.0. The summed E-state index contributed by atoms with van der Waals surface area (Å²) in [5, 5.41) is 0. The number of nitrogens with zero attached hydrogens (tertiary/aromatic N) is 5. The average Bonchev–Trinajstić information content (AvgIpc) is 3.02. The molecule has 15 heteroatoms. The van der Waals surface area contributed by atoms with Gasteiger partial charge in [0.2, 0.25) is 0 Å². The molecule has 0 atom stereocenters. The van der Waals surface area contributed by atoms with E-state index in [2.05, 4.69) is 19.6 Å². The molecule has 0 aromatic heterocycles. The van der Waals surface area contributed by atoms with Crippen LogP contribution in [-0.2, 0) is 47.5 Å². The monoisotopic (exact) mass is 760 g/mol. The minimum atomic E-state index is -0.607. The lowest BCUT2D eigenvalue weighted by molar-refractivity contribution is -0.158. The second kappa shape index (κ2) is 24.5. The van der Waals surface area contributed by atoms with Gasteiger partial charge in [0.15, 0.2) is 0 Å². The number of carbonyl (C=O) groups excluding carboxylic acids is 3. The molecule has 0 aliphatic carbocycles. The fourth-order valence-electron chi connectivity index (χ4n) is 5.71. The van der Waals surface area contributed by atoms with Crippen LogP contribution in [0.2, 0.25) is 0 Å². The number of rotatable bonds is 9. The molecule has 2 fully saturated rings. The lowest BCUT2D eigenvalue weighted by Crippen LogP contribution is -2.50. The summed E-state index contributed by atoms with van der Waals surface area (Å²) in [6, 6.07) is 0. The van der Waals surface area contributed by atoms with Gasteiger partial charge in [-0.05, 0) is 62.3 Å². The van der Waals surface area contributed by atoms with Crippen molar-refractivity contribution in [2.24, 2.45) is 0 Å². The molecule has 2 heterocycles. The van der Waals surface area contributed by atoms with Crippen LogP contribution in [0, 0.1) is 0 Å². The Morgan fingerprint density at radius 3 is 0.868 bits per heavy atom. The predicted molar refractivity (Wildman–Crippen MR) is 203 cm³/mol. The number of esters is 3. The van der Waals surface area contributed by atoms with Crippen LogP contribution in [0.15, 0.2) is 0 Å². The molecule has 0 radical (unpaired) electrons. The number of ether oxygens (including phenoxy) is 7. The molecule has 2 saturated heterocycles. The molecule has 2 aliphatic heterocycles. The summed E-state index contributed by atoms with van der Waals surface area (Å²) < 4.78 is 39.9. The molecule has 0 saturated carbocycles. The van der Waals surface area contributed by atoms with Crippen LogP contribution in [0.25, 0.3) is 0 Å². The van der Waals surface area contributed by atoms with Crippen molar-refractivity contribution in [1.29, 1.82) is 0 Å². The zero-order chi connectivity index (χ0) is 39.3. The minimum absolute atomic E-state index is 0.104. The van der Waals surface area contributed by atoms with Crippen molar-refractivity contribution < 1.29 is 47.5 Å².